The highest BCUT2D eigenvalue weighted by atomic mass is 16.5. The Bertz CT molecular complexity index is 3110. The van der Waals surface area contributed by atoms with Crippen molar-refractivity contribution >= 4 is 86.2 Å². The second-order valence-corrected chi connectivity index (χ2v) is 14.3. The number of fused-ring (bicyclic) bond motifs is 16. The molecule has 0 saturated carbocycles. The number of hydrogen-bond acceptors (Lipinski definition) is 2. The molecule has 2 heteroatoms. The highest BCUT2D eigenvalue weighted by Gasteiger charge is 2.18. The second kappa shape index (κ2) is 11.8. The smallest absolute Gasteiger partial charge is 0.119 e. The van der Waals surface area contributed by atoms with Crippen molar-refractivity contribution in [2.24, 2.45) is 0 Å². The largest absolute Gasteiger partial charge is 0.497 e. The van der Waals surface area contributed by atoms with E-state index in [-0.39, 0.29) is 0 Å². The van der Waals surface area contributed by atoms with E-state index in [9.17, 15) is 0 Å². The molecule has 0 fully saturated rings. The summed E-state index contributed by atoms with van der Waals surface area (Å²) >= 11 is 0. The minimum absolute atomic E-state index is 0.870. The van der Waals surface area contributed by atoms with Gasteiger partial charge < -0.3 is 9.47 Å². The molecule has 0 spiro atoms. The van der Waals surface area contributed by atoms with Gasteiger partial charge in [0.25, 0.3) is 0 Å². The lowest BCUT2D eigenvalue weighted by molar-refractivity contribution is 0.415. The Morgan fingerprint density at radius 3 is 0.944 bits per heavy atom. The Kier molecular flexibility index (Phi) is 6.72. The van der Waals surface area contributed by atoms with E-state index in [0.29, 0.717) is 0 Å². The van der Waals surface area contributed by atoms with Gasteiger partial charge in [-0.3, -0.25) is 0 Å². The molecule has 0 aromatic heterocycles. The maximum atomic E-state index is 5.67. The fraction of sp³-hybridized carbons (Fsp3) is 0.0385. The third-order valence-corrected chi connectivity index (χ3v) is 11.6. The maximum absolute atomic E-state index is 5.67. The molecule has 0 atom stereocenters. The average molecular weight is 691 g/mol. The highest BCUT2D eigenvalue weighted by molar-refractivity contribution is 6.34. The zero-order valence-electron chi connectivity index (χ0n) is 30.0. The molecule has 11 rings (SSSR count). The zero-order chi connectivity index (χ0) is 35.9. The number of hydrogen-bond donors (Lipinski definition) is 0. The van der Waals surface area contributed by atoms with Crippen LogP contribution in [0.4, 0.5) is 0 Å². The minimum atomic E-state index is 0.870. The van der Waals surface area contributed by atoms with E-state index in [1.54, 1.807) is 14.2 Å². The Morgan fingerprint density at radius 1 is 0.259 bits per heavy atom. The van der Waals surface area contributed by atoms with E-state index in [2.05, 4.69) is 170 Å². The molecule has 0 unspecified atom stereocenters. The van der Waals surface area contributed by atoms with Gasteiger partial charge in [0.1, 0.15) is 11.5 Å². The van der Waals surface area contributed by atoms with Crippen LogP contribution in [-0.2, 0) is 0 Å². The number of rotatable bonds is 4. The number of benzene rings is 11. The van der Waals surface area contributed by atoms with Gasteiger partial charge in [-0.25, -0.2) is 0 Å². The summed E-state index contributed by atoms with van der Waals surface area (Å²) in [5.74, 6) is 1.74. The van der Waals surface area contributed by atoms with E-state index in [1.165, 1.54) is 108 Å². The van der Waals surface area contributed by atoms with E-state index < -0.39 is 0 Å². The van der Waals surface area contributed by atoms with Gasteiger partial charge in [0.15, 0.2) is 0 Å². The molecule has 0 bridgehead atoms. The van der Waals surface area contributed by atoms with Crippen LogP contribution in [0.2, 0.25) is 0 Å². The molecule has 54 heavy (non-hydrogen) atoms. The van der Waals surface area contributed by atoms with Crippen molar-refractivity contribution in [1.82, 2.24) is 0 Å². The Balaban J connectivity index is 1.15. The van der Waals surface area contributed by atoms with E-state index >= 15 is 0 Å². The van der Waals surface area contributed by atoms with Gasteiger partial charge in [-0.15, -0.1) is 0 Å². The Hall–Kier alpha value is -6.90. The summed E-state index contributed by atoms with van der Waals surface area (Å²) in [5, 5.41) is 20.0. The summed E-state index contributed by atoms with van der Waals surface area (Å²) in [6, 6.07) is 62.3. The zero-order valence-corrected chi connectivity index (χ0v) is 30.0. The average Bonchev–Trinajstić information content (AvgIpc) is 3.25. The predicted molar refractivity (Wildman–Crippen MR) is 230 cm³/mol. The van der Waals surface area contributed by atoms with Crippen molar-refractivity contribution in [3.05, 3.63) is 170 Å². The van der Waals surface area contributed by atoms with Crippen molar-refractivity contribution in [2.45, 2.75) is 0 Å². The van der Waals surface area contributed by atoms with Gasteiger partial charge in [-0.1, -0.05) is 133 Å². The van der Waals surface area contributed by atoms with Crippen molar-refractivity contribution < 1.29 is 9.47 Å². The van der Waals surface area contributed by atoms with Crippen molar-refractivity contribution in [1.29, 1.82) is 0 Å². The lowest BCUT2D eigenvalue weighted by Crippen LogP contribution is -1.91. The van der Waals surface area contributed by atoms with E-state index in [0.717, 1.165) is 11.5 Å². The number of ether oxygens (including phenoxy) is 2. The van der Waals surface area contributed by atoms with Gasteiger partial charge in [0.05, 0.1) is 14.2 Å². The first kappa shape index (κ1) is 30.7. The lowest BCUT2D eigenvalue weighted by Gasteiger charge is -2.18. The van der Waals surface area contributed by atoms with Crippen LogP contribution in [0.15, 0.2) is 170 Å². The van der Waals surface area contributed by atoms with Crippen LogP contribution in [0, 0.1) is 0 Å². The molecule has 0 heterocycles. The molecule has 0 N–H and O–H groups in total. The molecular formula is C52H34O2. The quantitative estimate of drug-likeness (QED) is 0.171. The van der Waals surface area contributed by atoms with Crippen molar-refractivity contribution in [3.8, 4) is 33.8 Å². The lowest BCUT2D eigenvalue weighted by atomic mass is 9.86. The monoisotopic (exact) mass is 690 g/mol. The van der Waals surface area contributed by atoms with Gasteiger partial charge in [-0.2, -0.15) is 0 Å². The third-order valence-electron chi connectivity index (χ3n) is 11.6. The normalized spacial score (nSPS) is 11.9. The molecule has 0 amide bonds. The Morgan fingerprint density at radius 2 is 0.574 bits per heavy atom. The van der Waals surface area contributed by atoms with Crippen LogP contribution in [0.3, 0.4) is 0 Å². The molecule has 254 valence electrons. The van der Waals surface area contributed by atoms with Gasteiger partial charge in [0.2, 0.25) is 0 Å². The summed E-state index contributed by atoms with van der Waals surface area (Å²) < 4.78 is 11.3. The first-order chi connectivity index (χ1) is 26.7. The highest BCUT2D eigenvalue weighted by Crippen LogP contribution is 2.46. The van der Waals surface area contributed by atoms with Gasteiger partial charge >= 0.3 is 0 Å². The predicted octanol–water partition coefficient (Wildman–Crippen LogP) is 14.3. The molecule has 0 aliphatic carbocycles. The fourth-order valence-corrected chi connectivity index (χ4v) is 9.15. The van der Waals surface area contributed by atoms with E-state index in [4.69, 9.17) is 9.47 Å². The van der Waals surface area contributed by atoms with Crippen LogP contribution in [0.1, 0.15) is 0 Å². The SMILES string of the molecule is COc1ccc2c(c1)c1ccccc1c1cc(-c3ccc(-c4cc5c6ccccc6c6cc(OC)ccc6c5c5ccccc45)cc3)c3ccccc3c21. The second-order valence-electron chi connectivity index (χ2n) is 14.3. The maximum Gasteiger partial charge on any atom is 0.119 e. The van der Waals surface area contributed by atoms with Crippen molar-refractivity contribution in [2.75, 3.05) is 14.2 Å². The summed E-state index contributed by atoms with van der Waals surface area (Å²) in [4.78, 5) is 0. The molecule has 2 nitrogen and oxygen atoms in total. The molecule has 0 saturated heterocycles. The summed E-state index contributed by atoms with van der Waals surface area (Å²) in [6.45, 7) is 0. The number of methoxy groups -OCH3 is 2. The molecule has 0 aliphatic heterocycles. The van der Waals surface area contributed by atoms with Crippen LogP contribution >= 0.6 is 0 Å². The van der Waals surface area contributed by atoms with Gasteiger partial charge in [-0.05, 0) is 145 Å². The Labute approximate surface area is 312 Å². The first-order valence-electron chi connectivity index (χ1n) is 18.5. The summed E-state index contributed by atoms with van der Waals surface area (Å²) in [6.07, 6.45) is 0. The molecule has 0 radical (unpaired) electrons. The molecule has 11 aromatic rings. The standard InChI is InChI=1S/C52H34O2/c1-53-33-23-25-43-47(27-33)35-11-3-5-13-37(35)49-29-45(39-15-7-9-17-41(39)51(43)49)31-19-21-32(22-20-31)46-30-50-38-14-6-4-12-36(38)48-28-34(54-2)24-26-44(48)52(50)42-18-10-8-16-40(42)46/h3-30H,1-2H3. The van der Waals surface area contributed by atoms with Crippen LogP contribution in [0.25, 0.3) is 108 Å². The van der Waals surface area contributed by atoms with Crippen LogP contribution in [0.5, 0.6) is 11.5 Å². The van der Waals surface area contributed by atoms with E-state index in [1.807, 2.05) is 0 Å². The van der Waals surface area contributed by atoms with Crippen LogP contribution < -0.4 is 9.47 Å². The van der Waals surface area contributed by atoms with Crippen LogP contribution in [-0.4, -0.2) is 14.2 Å². The molecule has 0 aliphatic rings. The third kappa shape index (κ3) is 4.41. The fourth-order valence-electron chi connectivity index (χ4n) is 9.15. The molecular weight excluding hydrogens is 657 g/mol. The summed E-state index contributed by atoms with van der Waals surface area (Å²) in [7, 11) is 3.47. The minimum Gasteiger partial charge on any atom is -0.497 e. The summed E-state index contributed by atoms with van der Waals surface area (Å²) in [5.41, 5.74) is 4.87. The first-order valence-corrected chi connectivity index (χ1v) is 18.5. The molecule has 11 aromatic carbocycles. The topological polar surface area (TPSA) is 18.5 Å². The van der Waals surface area contributed by atoms with Crippen molar-refractivity contribution in [3.63, 3.8) is 0 Å². The van der Waals surface area contributed by atoms with Gasteiger partial charge in [0, 0.05) is 0 Å².